The Morgan fingerprint density at radius 2 is 1.88 bits per heavy atom. The summed E-state index contributed by atoms with van der Waals surface area (Å²) < 4.78 is -0.0206. The average Bonchev–Trinajstić information content (AvgIpc) is 1.67. The fourth-order valence-electron chi connectivity index (χ4n) is 0.106. The molecule has 0 radical (unpaired) electrons. The third-order valence-electron chi connectivity index (χ3n) is 0.352. The summed E-state index contributed by atoms with van der Waals surface area (Å²) in [5.74, 6) is 0. The minimum atomic E-state index is -0.0206. The van der Waals surface area contributed by atoms with E-state index in [1.54, 1.807) is 0 Å². The van der Waals surface area contributed by atoms with Crippen LogP contribution in [0, 0.1) is 0 Å². The zero-order valence-electron chi connectivity index (χ0n) is 3.62. The van der Waals surface area contributed by atoms with E-state index in [2.05, 4.69) is 17.5 Å². The van der Waals surface area contributed by atoms with E-state index < -0.39 is 0 Å². The van der Waals surface area contributed by atoms with Crippen LogP contribution in [0.2, 0.25) is 0 Å². The van der Waals surface area contributed by atoms with E-state index in [1.165, 1.54) is 5.49 Å². The molecule has 0 aromatic heterocycles. The molecule has 0 atom stereocenters. The van der Waals surface area contributed by atoms with Gasteiger partial charge in [0.1, 0.15) is 9.65 Å². The first-order chi connectivity index (χ1) is 3.68. The van der Waals surface area contributed by atoms with Crippen LogP contribution in [0.15, 0.2) is 9.65 Å². The van der Waals surface area contributed by atoms with Gasteiger partial charge in [-0.05, 0) is 0 Å². The van der Waals surface area contributed by atoms with Crippen LogP contribution >= 0.6 is 47.0 Å². The monoisotopic (exact) mass is 189 g/mol. The van der Waals surface area contributed by atoms with Gasteiger partial charge in [-0.15, -0.1) is 0 Å². The van der Waals surface area contributed by atoms with Crippen LogP contribution in [0.3, 0.4) is 0 Å². The predicted octanol–water partition coefficient (Wildman–Crippen LogP) is 2.38. The Kier molecular flexibility index (Phi) is 4.66. The molecule has 0 aliphatic heterocycles. The number of nitrogens with one attached hydrogen (secondary N) is 1. The molecule has 0 aromatic rings. The van der Waals surface area contributed by atoms with Crippen molar-refractivity contribution >= 4 is 52.5 Å². The molecule has 0 rings (SSSR count). The Balaban J connectivity index is 3.79. The molecule has 0 aromatic carbocycles. The van der Waals surface area contributed by atoms with Crippen molar-refractivity contribution in [3.8, 4) is 0 Å². The van der Waals surface area contributed by atoms with Gasteiger partial charge in [0.15, 0.2) is 0 Å². The minimum absolute atomic E-state index is 0.0206. The summed E-state index contributed by atoms with van der Waals surface area (Å²) in [6.07, 6.45) is 0. The van der Waals surface area contributed by atoms with Crippen LogP contribution in [-0.4, -0.2) is 5.49 Å². The van der Waals surface area contributed by atoms with Crippen LogP contribution in [0.1, 0.15) is 0 Å². The first kappa shape index (κ1) is 8.50. The lowest BCUT2D eigenvalue weighted by molar-refractivity contribution is 1.31. The van der Waals surface area contributed by atoms with Crippen molar-refractivity contribution in [3.63, 3.8) is 0 Å². The molecule has 0 aliphatic rings. The van der Waals surface area contributed by atoms with Crippen molar-refractivity contribution < 1.29 is 0 Å². The van der Waals surface area contributed by atoms with Crippen molar-refractivity contribution in [1.29, 1.82) is 0 Å². The van der Waals surface area contributed by atoms with E-state index in [9.17, 15) is 0 Å². The summed E-state index contributed by atoms with van der Waals surface area (Å²) in [5.41, 5.74) is 1.22. The number of halogens is 3. The zero-order valence-corrected chi connectivity index (χ0v) is 6.70. The van der Waals surface area contributed by atoms with E-state index in [1.807, 2.05) is 0 Å². The van der Waals surface area contributed by atoms with Gasteiger partial charge in [0, 0.05) is 0 Å². The van der Waals surface area contributed by atoms with Gasteiger partial charge < -0.3 is 5.32 Å². The lowest BCUT2D eigenvalue weighted by Gasteiger charge is -1.92. The Bertz CT molecular complexity index is 118. The van der Waals surface area contributed by atoms with Gasteiger partial charge in [0.25, 0.3) is 0 Å². The molecular formula is C3H2Cl3NS. The summed E-state index contributed by atoms with van der Waals surface area (Å²) in [6, 6.07) is 0. The van der Waals surface area contributed by atoms with Crippen molar-refractivity contribution in [2.24, 2.45) is 0 Å². The van der Waals surface area contributed by atoms with E-state index in [0.717, 1.165) is 0 Å². The summed E-state index contributed by atoms with van der Waals surface area (Å²) in [4.78, 5) is 0. The van der Waals surface area contributed by atoms with Crippen LogP contribution in [0.25, 0.3) is 0 Å². The fraction of sp³-hybridized carbons (Fsp3) is 0. The van der Waals surface area contributed by atoms with Crippen LogP contribution < -0.4 is 5.32 Å². The molecule has 46 valence electrons. The van der Waals surface area contributed by atoms with Crippen molar-refractivity contribution in [2.45, 2.75) is 0 Å². The van der Waals surface area contributed by atoms with Crippen molar-refractivity contribution in [2.75, 3.05) is 0 Å². The zero-order chi connectivity index (χ0) is 6.57. The molecule has 0 saturated carbocycles. The van der Waals surface area contributed by atoms with E-state index in [-0.39, 0.29) is 9.65 Å². The van der Waals surface area contributed by atoms with Crippen LogP contribution in [0.4, 0.5) is 0 Å². The van der Waals surface area contributed by atoms with Gasteiger partial charge in [-0.2, -0.15) is 0 Å². The number of hydrogen-bond acceptors (Lipinski definition) is 1. The van der Waals surface area contributed by atoms with E-state index in [0.29, 0.717) is 0 Å². The highest BCUT2D eigenvalue weighted by Gasteiger charge is 1.92. The number of rotatable bonds is 2. The highest BCUT2D eigenvalue weighted by atomic mass is 35.5. The molecule has 0 spiro atoms. The normalized spacial score (nSPS) is 7.88. The fourth-order valence-corrected chi connectivity index (χ4v) is 0.452. The second kappa shape index (κ2) is 4.39. The highest BCUT2D eigenvalue weighted by molar-refractivity contribution is 7.78. The van der Waals surface area contributed by atoms with E-state index in [4.69, 9.17) is 34.8 Å². The smallest absolute Gasteiger partial charge is 0.142 e. The third kappa shape index (κ3) is 3.50. The Morgan fingerprint density at radius 1 is 1.38 bits per heavy atom. The summed E-state index contributed by atoms with van der Waals surface area (Å²) in [6.45, 7) is 0. The minimum Gasteiger partial charge on any atom is -0.341 e. The molecule has 0 bridgehead atoms. The largest absolute Gasteiger partial charge is 0.341 e. The molecule has 5 heteroatoms. The van der Waals surface area contributed by atoms with E-state index >= 15 is 0 Å². The molecule has 0 saturated heterocycles. The molecule has 0 fully saturated rings. The van der Waals surface area contributed by atoms with Gasteiger partial charge in [-0.1, -0.05) is 47.0 Å². The third-order valence-corrected chi connectivity index (χ3v) is 1.34. The maximum atomic E-state index is 5.32. The molecular weight excluding hydrogens is 188 g/mol. The lowest BCUT2D eigenvalue weighted by atomic mass is 11.0. The molecule has 0 unspecified atom stereocenters. The molecule has 0 amide bonds. The quantitative estimate of drug-likeness (QED) is 0.530. The van der Waals surface area contributed by atoms with Gasteiger partial charge >= 0.3 is 0 Å². The second-order valence-corrected chi connectivity index (χ2v) is 2.40. The highest BCUT2D eigenvalue weighted by Crippen LogP contribution is 2.13. The number of thiocarbonyl (C=S) groups is 1. The van der Waals surface area contributed by atoms with Crippen molar-refractivity contribution in [3.05, 3.63) is 9.65 Å². The van der Waals surface area contributed by atoms with Gasteiger partial charge in [0.05, 0.1) is 5.49 Å². The maximum absolute atomic E-state index is 5.32. The molecule has 0 heterocycles. The SMILES string of the molecule is S=CNC(Cl)=C(Cl)Cl. The number of hydrogen-bond donors (Lipinski definition) is 1. The lowest BCUT2D eigenvalue weighted by Crippen LogP contribution is -2.03. The molecule has 1 nitrogen and oxygen atoms in total. The summed E-state index contributed by atoms with van der Waals surface area (Å²) >= 11 is 20.1. The molecule has 8 heavy (non-hydrogen) atoms. The van der Waals surface area contributed by atoms with Gasteiger partial charge in [-0.25, -0.2) is 0 Å². The molecule has 1 N–H and O–H groups in total. The van der Waals surface area contributed by atoms with Crippen molar-refractivity contribution in [1.82, 2.24) is 5.32 Å². The van der Waals surface area contributed by atoms with Crippen LogP contribution in [-0.2, 0) is 0 Å². The summed E-state index contributed by atoms with van der Waals surface area (Å²) in [7, 11) is 0. The predicted molar refractivity (Wildman–Crippen MR) is 41.4 cm³/mol. The topological polar surface area (TPSA) is 12.0 Å². The first-order valence-electron chi connectivity index (χ1n) is 1.59. The van der Waals surface area contributed by atoms with Crippen LogP contribution in [0.5, 0.6) is 0 Å². The standard InChI is InChI=1S/C3H2Cl3NS/c4-2(5)3(6)7-1-8/h1H,(H,7,8). The summed E-state index contributed by atoms with van der Waals surface area (Å²) in [5, 5.41) is 2.56. The Labute approximate surface area is 67.6 Å². The maximum Gasteiger partial charge on any atom is 0.142 e. The Morgan fingerprint density at radius 3 is 2.00 bits per heavy atom. The van der Waals surface area contributed by atoms with Gasteiger partial charge in [-0.3, -0.25) is 0 Å². The molecule has 0 aliphatic carbocycles. The van der Waals surface area contributed by atoms with Gasteiger partial charge in [0.2, 0.25) is 0 Å². The average molecular weight is 190 g/mol. The Hall–Kier alpha value is 0.500. The first-order valence-corrected chi connectivity index (χ1v) is 3.20. The second-order valence-electron chi connectivity index (χ2n) is 0.837.